The molecule has 1 aromatic carbocycles. The molecule has 6 heteroatoms. The van der Waals surface area contributed by atoms with Crippen molar-refractivity contribution in [2.45, 2.75) is 25.0 Å². The van der Waals surface area contributed by atoms with E-state index in [-0.39, 0.29) is 12.0 Å². The Hall–Kier alpha value is -1.53. The van der Waals surface area contributed by atoms with Gasteiger partial charge in [0.15, 0.2) is 5.16 Å². The summed E-state index contributed by atoms with van der Waals surface area (Å²) in [5, 5.41) is 3.93. The Bertz CT molecular complexity index is 597. The van der Waals surface area contributed by atoms with Crippen LogP contribution in [0.25, 0.3) is 11.0 Å². The summed E-state index contributed by atoms with van der Waals surface area (Å²) in [5.41, 5.74) is 3.15. The van der Waals surface area contributed by atoms with Crippen LogP contribution in [0.1, 0.15) is 12.5 Å². The molecule has 2 rings (SSSR count). The van der Waals surface area contributed by atoms with Crippen molar-refractivity contribution >= 4 is 28.8 Å². The number of nitrogens with one attached hydrogen (secondary N) is 2. The minimum Gasteiger partial charge on any atom is -0.468 e. The van der Waals surface area contributed by atoms with E-state index < -0.39 is 0 Å². The van der Waals surface area contributed by atoms with E-state index in [9.17, 15) is 4.79 Å². The fourth-order valence-electron chi connectivity index (χ4n) is 1.93. The molecule has 0 saturated heterocycles. The molecule has 0 spiro atoms. The van der Waals surface area contributed by atoms with Gasteiger partial charge < -0.3 is 15.0 Å². The number of thioether (sulfide) groups is 1. The van der Waals surface area contributed by atoms with Crippen molar-refractivity contribution in [3.05, 3.63) is 23.8 Å². The lowest BCUT2D eigenvalue weighted by atomic mass is 10.2. The number of fused-ring (bicyclic) bond motifs is 1. The van der Waals surface area contributed by atoms with Crippen LogP contribution in [0.5, 0.6) is 0 Å². The number of hydrogen-bond acceptors (Lipinski definition) is 5. The SMILES string of the molecule is CCNC(CSc1nc2ccc(C)cc2[nH]1)C(=O)OC. The summed E-state index contributed by atoms with van der Waals surface area (Å²) < 4.78 is 4.78. The molecule has 1 heterocycles. The van der Waals surface area contributed by atoms with Crippen molar-refractivity contribution in [2.24, 2.45) is 0 Å². The van der Waals surface area contributed by atoms with Crippen LogP contribution in [-0.2, 0) is 9.53 Å². The lowest BCUT2D eigenvalue weighted by Gasteiger charge is -2.13. The monoisotopic (exact) mass is 293 g/mol. The third-order valence-corrected chi connectivity index (χ3v) is 3.91. The maximum absolute atomic E-state index is 11.6. The number of carbonyl (C=O) groups is 1. The number of benzene rings is 1. The highest BCUT2D eigenvalue weighted by Crippen LogP contribution is 2.21. The summed E-state index contributed by atoms with van der Waals surface area (Å²) >= 11 is 1.51. The van der Waals surface area contributed by atoms with Crippen molar-refractivity contribution in [3.8, 4) is 0 Å². The van der Waals surface area contributed by atoms with Crippen molar-refractivity contribution in [1.29, 1.82) is 0 Å². The molecule has 1 aromatic heterocycles. The first-order chi connectivity index (χ1) is 9.63. The van der Waals surface area contributed by atoms with E-state index in [4.69, 9.17) is 4.74 Å². The Balaban J connectivity index is 2.05. The summed E-state index contributed by atoms with van der Waals surface area (Å²) in [4.78, 5) is 19.4. The first-order valence-electron chi connectivity index (χ1n) is 6.54. The zero-order valence-electron chi connectivity index (χ0n) is 11.9. The van der Waals surface area contributed by atoms with E-state index in [1.165, 1.54) is 24.4 Å². The second-order valence-electron chi connectivity index (χ2n) is 4.51. The largest absolute Gasteiger partial charge is 0.468 e. The second-order valence-corrected chi connectivity index (χ2v) is 5.52. The molecule has 0 saturated carbocycles. The average molecular weight is 293 g/mol. The first kappa shape index (κ1) is 14.9. The van der Waals surface area contributed by atoms with Gasteiger partial charge in [-0.15, -0.1) is 0 Å². The van der Waals surface area contributed by atoms with Gasteiger partial charge in [-0.25, -0.2) is 4.98 Å². The predicted octanol–water partition coefficient (Wildman–Crippen LogP) is 2.11. The molecule has 0 aliphatic heterocycles. The molecule has 0 fully saturated rings. The summed E-state index contributed by atoms with van der Waals surface area (Å²) in [5.74, 6) is 0.338. The van der Waals surface area contributed by atoms with E-state index in [0.717, 1.165) is 22.7 Å². The Morgan fingerprint density at radius 1 is 1.55 bits per heavy atom. The molecular formula is C14H19N3O2S. The minimum absolute atomic E-state index is 0.244. The molecule has 20 heavy (non-hydrogen) atoms. The summed E-state index contributed by atoms with van der Waals surface area (Å²) in [6.07, 6.45) is 0. The van der Waals surface area contributed by atoms with Crippen LogP contribution in [0, 0.1) is 6.92 Å². The third kappa shape index (κ3) is 3.52. The van der Waals surface area contributed by atoms with Crippen molar-refractivity contribution < 1.29 is 9.53 Å². The minimum atomic E-state index is -0.315. The van der Waals surface area contributed by atoms with Gasteiger partial charge in [-0.05, 0) is 31.2 Å². The summed E-state index contributed by atoms with van der Waals surface area (Å²) in [6, 6.07) is 5.78. The molecule has 1 unspecified atom stereocenters. The van der Waals surface area contributed by atoms with Crippen LogP contribution in [-0.4, -0.2) is 41.4 Å². The fourth-order valence-corrected chi connectivity index (χ4v) is 2.85. The van der Waals surface area contributed by atoms with Crippen LogP contribution in [0.3, 0.4) is 0 Å². The molecule has 2 N–H and O–H groups in total. The normalized spacial score (nSPS) is 12.6. The molecule has 0 bridgehead atoms. The van der Waals surface area contributed by atoms with Gasteiger partial charge in [-0.2, -0.15) is 0 Å². The van der Waals surface area contributed by atoms with Crippen LogP contribution >= 0.6 is 11.8 Å². The maximum Gasteiger partial charge on any atom is 0.323 e. The van der Waals surface area contributed by atoms with E-state index >= 15 is 0 Å². The lowest BCUT2D eigenvalue weighted by molar-refractivity contribution is -0.142. The van der Waals surface area contributed by atoms with Crippen molar-refractivity contribution in [1.82, 2.24) is 15.3 Å². The number of likely N-dealkylation sites (N-methyl/N-ethyl adjacent to an activating group) is 1. The van der Waals surface area contributed by atoms with Gasteiger partial charge in [0.25, 0.3) is 0 Å². The van der Waals surface area contributed by atoms with Gasteiger partial charge in [0.05, 0.1) is 18.1 Å². The number of aryl methyl sites for hydroxylation is 1. The third-order valence-electron chi connectivity index (χ3n) is 2.94. The topological polar surface area (TPSA) is 67.0 Å². The van der Waals surface area contributed by atoms with Crippen LogP contribution in [0.15, 0.2) is 23.4 Å². The Morgan fingerprint density at radius 3 is 3.05 bits per heavy atom. The number of carbonyl (C=O) groups excluding carboxylic acids is 1. The zero-order chi connectivity index (χ0) is 14.5. The van der Waals surface area contributed by atoms with Crippen LogP contribution in [0.4, 0.5) is 0 Å². The molecule has 108 valence electrons. The quantitative estimate of drug-likeness (QED) is 0.631. The summed E-state index contributed by atoms with van der Waals surface area (Å²) in [7, 11) is 1.40. The van der Waals surface area contributed by atoms with Crippen molar-refractivity contribution in [2.75, 3.05) is 19.4 Å². The van der Waals surface area contributed by atoms with E-state index in [0.29, 0.717) is 5.75 Å². The molecule has 0 aliphatic rings. The van der Waals surface area contributed by atoms with E-state index in [1.54, 1.807) is 0 Å². The first-order valence-corrected chi connectivity index (χ1v) is 7.53. The number of esters is 1. The van der Waals surface area contributed by atoms with Crippen molar-refractivity contribution in [3.63, 3.8) is 0 Å². The Kier molecular flexibility index (Phi) is 5.03. The number of hydrogen-bond donors (Lipinski definition) is 2. The molecule has 1 atom stereocenters. The van der Waals surface area contributed by atoms with Gasteiger partial charge in [0.2, 0.25) is 0 Å². The van der Waals surface area contributed by atoms with Gasteiger partial charge in [0.1, 0.15) is 6.04 Å². The second kappa shape index (κ2) is 6.76. The molecule has 0 amide bonds. The van der Waals surface area contributed by atoms with Crippen LogP contribution in [0.2, 0.25) is 0 Å². The highest BCUT2D eigenvalue weighted by molar-refractivity contribution is 7.99. The highest BCUT2D eigenvalue weighted by atomic mass is 32.2. The molecule has 2 aromatic rings. The number of H-pyrrole nitrogens is 1. The number of imidazole rings is 1. The standard InChI is InChI=1S/C14H19N3O2S/c1-4-15-12(13(18)19-3)8-20-14-16-10-6-5-9(2)7-11(10)17-14/h5-7,12,15H,4,8H2,1-3H3,(H,16,17). The fraction of sp³-hybridized carbons (Fsp3) is 0.429. The molecule has 0 radical (unpaired) electrons. The number of rotatable bonds is 6. The molecular weight excluding hydrogens is 274 g/mol. The van der Waals surface area contributed by atoms with Gasteiger partial charge in [0, 0.05) is 5.75 Å². The molecule has 5 nitrogen and oxygen atoms in total. The predicted molar refractivity (Wildman–Crippen MR) is 81.0 cm³/mol. The smallest absolute Gasteiger partial charge is 0.323 e. The number of methoxy groups -OCH3 is 1. The number of nitrogens with zero attached hydrogens (tertiary/aromatic N) is 1. The van der Waals surface area contributed by atoms with E-state index in [1.807, 2.05) is 26.0 Å². The zero-order valence-corrected chi connectivity index (χ0v) is 12.7. The van der Waals surface area contributed by atoms with Crippen LogP contribution < -0.4 is 5.32 Å². The number of aromatic amines is 1. The Morgan fingerprint density at radius 2 is 2.35 bits per heavy atom. The number of ether oxygens (including phenoxy) is 1. The van der Waals surface area contributed by atoms with Gasteiger partial charge in [-0.3, -0.25) is 4.79 Å². The maximum atomic E-state index is 11.6. The lowest BCUT2D eigenvalue weighted by Crippen LogP contribution is -2.39. The van der Waals surface area contributed by atoms with Gasteiger partial charge >= 0.3 is 5.97 Å². The highest BCUT2D eigenvalue weighted by Gasteiger charge is 2.18. The van der Waals surface area contributed by atoms with E-state index in [2.05, 4.69) is 21.4 Å². The molecule has 0 aliphatic carbocycles. The summed E-state index contributed by atoms with van der Waals surface area (Å²) in [6.45, 7) is 4.73. The van der Waals surface area contributed by atoms with Gasteiger partial charge in [-0.1, -0.05) is 24.8 Å². The average Bonchev–Trinajstić information content (AvgIpc) is 2.84. The number of aromatic nitrogens is 2. The Labute approximate surface area is 122 Å².